The Bertz CT molecular complexity index is 638. The summed E-state index contributed by atoms with van der Waals surface area (Å²) in [7, 11) is 0. The van der Waals surface area contributed by atoms with E-state index in [9.17, 15) is 4.79 Å². The predicted molar refractivity (Wildman–Crippen MR) is 91.4 cm³/mol. The van der Waals surface area contributed by atoms with E-state index in [2.05, 4.69) is 5.32 Å². The Balaban J connectivity index is 1.89. The molecular weight excluding hydrogens is 294 g/mol. The number of Topliss-reactive ketones (excluding diaryl/α,β-unsaturated/α-hetero) is 1. The Morgan fingerprint density at radius 1 is 1.00 bits per heavy atom. The maximum Gasteiger partial charge on any atom is 0.158 e. The van der Waals surface area contributed by atoms with Crippen molar-refractivity contribution in [2.75, 3.05) is 5.32 Å². The molecule has 114 valence electrons. The largest absolute Gasteiger partial charge is 0.373 e. The summed E-state index contributed by atoms with van der Waals surface area (Å²) in [6.07, 6.45) is 4.32. The van der Waals surface area contributed by atoms with Crippen LogP contribution in [0.5, 0.6) is 0 Å². The minimum absolute atomic E-state index is 0.317. The van der Waals surface area contributed by atoms with Gasteiger partial charge in [-0.25, -0.2) is 0 Å². The van der Waals surface area contributed by atoms with Gasteiger partial charge in [0.2, 0.25) is 0 Å². The second kappa shape index (κ2) is 6.53. The maximum atomic E-state index is 12.7. The van der Waals surface area contributed by atoms with Gasteiger partial charge in [0.1, 0.15) is 5.54 Å². The number of benzene rings is 2. The van der Waals surface area contributed by atoms with Gasteiger partial charge in [0.05, 0.1) is 0 Å². The Kier molecular flexibility index (Phi) is 4.49. The number of hydrogen-bond acceptors (Lipinski definition) is 2. The van der Waals surface area contributed by atoms with Crippen molar-refractivity contribution in [2.45, 2.75) is 37.6 Å². The standard InChI is InChI=1S/C19H20ClNO/c20-16-11-9-15(10-12-16)14-19(13-5-4-8-18(19)22)21-17-6-2-1-3-7-17/h1-3,6-7,9-12,21H,4-5,8,13-14H2. The lowest BCUT2D eigenvalue weighted by Crippen LogP contribution is -2.50. The van der Waals surface area contributed by atoms with E-state index in [0.29, 0.717) is 18.6 Å². The molecule has 1 saturated carbocycles. The number of carbonyl (C=O) groups is 1. The lowest BCUT2D eigenvalue weighted by atomic mass is 9.76. The molecule has 1 unspecified atom stereocenters. The van der Waals surface area contributed by atoms with E-state index in [1.54, 1.807) is 0 Å². The van der Waals surface area contributed by atoms with Crippen LogP contribution in [0.3, 0.4) is 0 Å². The first kappa shape index (κ1) is 15.1. The molecular formula is C19H20ClNO. The molecule has 2 aromatic carbocycles. The molecule has 2 aromatic rings. The van der Waals surface area contributed by atoms with Gasteiger partial charge in [-0.15, -0.1) is 0 Å². The summed E-state index contributed by atoms with van der Waals surface area (Å²) in [6, 6.07) is 17.8. The van der Waals surface area contributed by atoms with Gasteiger partial charge in [-0.2, -0.15) is 0 Å². The molecule has 0 bridgehead atoms. The molecule has 0 aliphatic heterocycles. The molecule has 0 amide bonds. The number of ketones is 1. The molecule has 3 rings (SSSR count). The van der Waals surface area contributed by atoms with E-state index in [1.807, 2.05) is 54.6 Å². The zero-order valence-corrected chi connectivity index (χ0v) is 13.3. The summed E-state index contributed by atoms with van der Waals surface area (Å²) >= 11 is 5.96. The zero-order valence-electron chi connectivity index (χ0n) is 12.5. The van der Waals surface area contributed by atoms with Crippen LogP contribution in [0, 0.1) is 0 Å². The van der Waals surface area contributed by atoms with Crippen molar-refractivity contribution in [3.05, 3.63) is 65.2 Å². The van der Waals surface area contributed by atoms with Crippen LogP contribution < -0.4 is 5.32 Å². The fourth-order valence-electron chi connectivity index (χ4n) is 3.20. The van der Waals surface area contributed by atoms with Crippen molar-refractivity contribution in [3.63, 3.8) is 0 Å². The van der Waals surface area contributed by atoms with Gasteiger partial charge in [0.25, 0.3) is 0 Å². The molecule has 0 aromatic heterocycles. The highest BCUT2D eigenvalue weighted by Gasteiger charge is 2.39. The van der Waals surface area contributed by atoms with Gasteiger partial charge in [-0.1, -0.05) is 48.4 Å². The first-order chi connectivity index (χ1) is 10.7. The monoisotopic (exact) mass is 313 g/mol. The number of para-hydroxylation sites is 1. The quantitative estimate of drug-likeness (QED) is 0.872. The third-order valence-electron chi connectivity index (χ3n) is 4.37. The predicted octanol–water partition coefficient (Wildman–Crippen LogP) is 4.88. The maximum absolute atomic E-state index is 12.7. The number of carbonyl (C=O) groups excluding carboxylic acids is 1. The van der Waals surface area contributed by atoms with Crippen molar-refractivity contribution in [1.82, 2.24) is 0 Å². The van der Waals surface area contributed by atoms with Crippen LogP contribution in [0.4, 0.5) is 5.69 Å². The van der Waals surface area contributed by atoms with Crippen LogP contribution in [-0.2, 0) is 11.2 Å². The van der Waals surface area contributed by atoms with Crippen molar-refractivity contribution >= 4 is 23.1 Å². The first-order valence-electron chi connectivity index (χ1n) is 7.79. The summed E-state index contributed by atoms with van der Waals surface area (Å²) in [5.41, 5.74) is 1.66. The zero-order chi connectivity index (χ0) is 15.4. The second-order valence-corrected chi connectivity index (χ2v) is 6.44. The first-order valence-corrected chi connectivity index (χ1v) is 8.17. The number of hydrogen-bond donors (Lipinski definition) is 1. The van der Waals surface area contributed by atoms with Crippen molar-refractivity contribution in [2.24, 2.45) is 0 Å². The van der Waals surface area contributed by atoms with E-state index >= 15 is 0 Å². The molecule has 1 aliphatic rings. The van der Waals surface area contributed by atoms with Crippen LogP contribution in [0.15, 0.2) is 54.6 Å². The molecule has 0 radical (unpaired) electrons. The van der Waals surface area contributed by atoms with E-state index in [1.165, 1.54) is 0 Å². The molecule has 2 nitrogen and oxygen atoms in total. The minimum atomic E-state index is -0.493. The average Bonchev–Trinajstić information content (AvgIpc) is 2.54. The summed E-state index contributed by atoms with van der Waals surface area (Å²) in [5.74, 6) is 0.317. The number of nitrogens with one attached hydrogen (secondary N) is 1. The Hall–Kier alpha value is -1.80. The molecule has 0 heterocycles. The van der Waals surface area contributed by atoms with Crippen molar-refractivity contribution in [1.29, 1.82) is 0 Å². The van der Waals surface area contributed by atoms with E-state index in [4.69, 9.17) is 11.6 Å². The normalized spacial score (nSPS) is 21.6. The highest BCUT2D eigenvalue weighted by Crippen LogP contribution is 2.32. The van der Waals surface area contributed by atoms with Crippen LogP contribution in [-0.4, -0.2) is 11.3 Å². The highest BCUT2D eigenvalue weighted by atomic mass is 35.5. The number of rotatable bonds is 4. The summed E-state index contributed by atoms with van der Waals surface area (Å²) in [4.78, 5) is 12.7. The highest BCUT2D eigenvalue weighted by molar-refractivity contribution is 6.30. The van der Waals surface area contributed by atoms with Crippen molar-refractivity contribution in [3.8, 4) is 0 Å². The topological polar surface area (TPSA) is 29.1 Å². The molecule has 1 atom stereocenters. The van der Waals surface area contributed by atoms with E-state index in [0.717, 1.165) is 35.5 Å². The van der Waals surface area contributed by atoms with Crippen LogP contribution in [0.25, 0.3) is 0 Å². The molecule has 22 heavy (non-hydrogen) atoms. The Morgan fingerprint density at radius 3 is 2.41 bits per heavy atom. The molecule has 1 N–H and O–H groups in total. The van der Waals surface area contributed by atoms with Gasteiger partial charge >= 0.3 is 0 Å². The van der Waals surface area contributed by atoms with Gasteiger partial charge in [-0.3, -0.25) is 4.79 Å². The third kappa shape index (κ3) is 3.33. The molecule has 1 fully saturated rings. The molecule has 1 aliphatic carbocycles. The average molecular weight is 314 g/mol. The molecule has 3 heteroatoms. The number of anilines is 1. The minimum Gasteiger partial charge on any atom is -0.373 e. The summed E-state index contributed by atoms with van der Waals surface area (Å²) in [6.45, 7) is 0. The fourth-order valence-corrected chi connectivity index (χ4v) is 3.33. The Morgan fingerprint density at radius 2 is 1.73 bits per heavy atom. The van der Waals surface area contributed by atoms with Crippen LogP contribution in [0.2, 0.25) is 5.02 Å². The smallest absolute Gasteiger partial charge is 0.158 e. The number of halogens is 1. The van der Waals surface area contributed by atoms with Gasteiger partial charge in [0, 0.05) is 23.6 Å². The van der Waals surface area contributed by atoms with Crippen molar-refractivity contribution < 1.29 is 4.79 Å². The second-order valence-electron chi connectivity index (χ2n) is 6.01. The van der Waals surface area contributed by atoms with Crippen LogP contribution in [0.1, 0.15) is 31.2 Å². The van der Waals surface area contributed by atoms with Gasteiger partial charge < -0.3 is 5.32 Å². The van der Waals surface area contributed by atoms with Crippen LogP contribution >= 0.6 is 11.6 Å². The SMILES string of the molecule is O=C1CCCCC1(Cc1ccc(Cl)cc1)Nc1ccccc1. The third-order valence-corrected chi connectivity index (χ3v) is 4.62. The molecule has 0 spiro atoms. The van der Waals surface area contributed by atoms with Gasteiger partial charge in [0.15, 0.2) is 5.78 Å². The summed E-state index contributed by atoms with van der Waals surface area (Å²) in [5, 5.41) is 4.25. The lowest BCUT2D eigenvalue weighted by molar-refractivity contribution is -0.125. The summed E-state index contributed by atoms with van der Waals surface area (Å²) < 4.78 is 0. The van der Waals surface area contributed by atoms with E-state index in [-0.39, 0.29) is 0 Å². The Labute approximate surface area is 136 Å². The van der Waals surface area contributed by atoms with E-state index < -0.39 is 5.54 Å². The fraction of sp³-hybridized carbons (Fsp3) is 0.316. The van der Waals surface area contributed by atoms with Gasteiger partial charge in [-0.05, 0) is 42.7 Å². The molecule has 0 saturated heterocycles. The lowest BCUT2D eigenvalue weighted by Gasteiger charge is -2.37.